The highest BCUT2D eigenvalue weighted by atomic mass is 16.6. The Labute approximate surface area is 239 Å². The second kappa shape index (κ2) is 16.1. The predicted octanol–water partition coefficient (Wildman–Crippen LogP) is 4.55. The first kappa shape index (κ1) is 34.7. The average molecular weight is 563 g/mol. The summed E-state index contributed by atoms with van der Waals surface area (Å²) in [4.78, 5) is 54.0. The van der Waals surface area contributed by atoms with E-state index in [0.29, 0.717) is 12.3 Å². The van der Waals surface area contributed by atoms with Gasteiger partial charge >= 0.3 is 6.09 Å². The summed E-state index contributed by atoms with van der Waals surface area (Å²) >= 11 is 0. The molecule has 10 heteroatoms. The second-order valence-corrected chi connectivity index (χ2v) is 11.9. The summed E-state index contributed by atoms with van der Waals surface area (Å²) < 4.78 is 5.38. The van der Waals surface area contributed by atoms with Gasteiger partial charge in [-0.3, -0.25) is 14.4 Å². The molecule has 10 nitrogen and oxygen atoms in total. The molecule has 0 saturated carbocycles. The van der Waals surface area contributed by atoms with Crippen molar-refractivity contribution in [2.45, 2.75) is 124 Å². The molecule has 1 rings (SSSR count). The van der Waals surface area contributed by atoms with Crippen molar-refractivity contribution < 1.29 is 29.0 Å². The summed E-state index contributed by atoms with van der Waals surface area (Å²) in [6.07, 6.45) is 1.86. The highest BCUT2D eigenvalue weighted by molar-refractivity contribution is 5.93. The van der Waals surface area contributed by atoms with Crippen LogP contribution in [0.4, 0.5) is 4.79 Å². The van der Waals surface area contributed by atoms with Crippen LogP contribution in [0.3, 0.4) is 0 Å². The van der Waals surface area contributed by atoms with Gasteiger partial charge in [-0.15, -0.1) is 0 Å². The molecule has 1 aromatic carbocycles. The van der Waals surface area contributed by atoms with Crippen molar-refractivity contribution in [3.63, 3.8) is 0 Å². The maximum Gasteiger partial charge on any atom is 0.408 e. The number of phenolic OH excluding ortho intramolecular Hbond substituents is 1. The number of hydrogen-bond donors (Lipinski definition) is 4. The van der Waals surface area contributed by atoms with Gasteiger partial charge in [-0.25, -0.2) is 4.79 Å². The molecule has 4 unspecified atom stereocenters. The molecule has 1 aromatic rings. The molecule has 0 heterocycles. The average Bonchev–Trinajstić information content (AvgIpc) is 2.82. The van der Waals surface area contributed by atoms with Crippen LogP contribution in [0.25, 0.3) is 0 Å². The molecule has 0 spiro atoms. The van der Waals surface area contributed by atoms with E-state index in [9.17, 15) is 24.3 Å². The molecule has 5 N–H and O–H groups in total. The Morgan fingerprint density at radius 2 is 1.60 bits per heavy atom. The second-order valence-electron chi connectivity index (χ2n) is 11.9. The first-order valence-corrected chi connectivity index (χ1v) is 14.3. The van der Waals surface area contributed by atoms with E-state index in [0.717, 1.165) is 19.3 Å². The van der Waals surface area contributed by atoms with E-state index in [-0.39, 0.29) is 30.2 Å². The van der Waals surface area contributed by atoms with Gasteiger partial charge in [0, 0.05) is 24.1 Å². The monoisotopic (exact) mass is 562 g/mol. The van der Waals surface area contributed by atoms with Crippen molar-refractivity contribution in [2.24, 2.45) is 11.7 Å². The maximum absolute atomic E-state index is 14.3. The number of ether oxygens (including phenoxy) is 1. The quantitative estimate of drug-likeness (QED) is 0.246. The van der Waals surface area contributed by atoms with Gasteiger partial charge in [-0.05, 0) is 72.3 Å². The summed E-state index contributed by atoms with van der Waals surface area (Å²) in [6, 6.07) is 3.40. The summed E-state index contributed by atoms with van der Waals surface area (Å²) in [5.74, 6) is -1.44. The molecular weight excluding hydrogens is 512 g/mol. The number of amides is 4. The van der Waals surface area contributed by atoms with Crippen molar-refractivity contribution in [2.75, 3.05) is 0 Å². The van der Waals surface area contributed by atoms with Crippen LogP contribution in [0, 0.1) is 5.92 Å². The number of hydrogen-bond acceptors (Lipinski definition) is 6. The van der Waals surface area contributed by atoms with Crippen LogP contribution in [0.5, 0.6) is 5.75 Å². The van der Waals surface area contributed by atoms with E-state index in [1.807, 2.05) is 20.8 Å². The van der Waals surface area contributed by atoms with E-state index in [1.54, 1.807) is 39.0 Å². The summed E-state index contributed by atoms with van der Waals surface area (Å²) in [7, 11) is 0. The fraction of sp³-hybridized carbons (Fsp3) is 0.667. The van der Waals surface area contributed by atoms with E-state index in [4.69, 9.17) is 10.5 Å². The number of alkyl carbamates (subject to hydrolysis) is 1. The molecule has 0 radical (unpaired) electrons. The number of para-hydroxylation sites is 1. The minimum absolute atomic E-state index is 0.0812. The normalized spacial score (nSPS) is 14.5. The highest BCUT2D eigenvalue weighted by Crippen LogP contribution is 2.33. The van der Waals surface area contributed by atoms with E-state index in [1.165, 1.54) is 11.0 Å². The van der Waals surface area contributed by atoms with Crippen molar-refractivity contribution in [3.05, 3.63) is 29.8 Å². The smallest absolute Gasteiger partial charge is 0.408 e. The van der Waals surface area contributed by atoms with Crippen molar-refractivity contribution in [1.29, 1.82) is 0 Å². The number of nitrogens with zero attached hydrogens (tertiary/aromatic N) is 1. The lowest BCUT2D eigenvalue weighted by atomic mass is 9.95. The fourth-order valence-corrected chi connectivity index (χ4v) is 4.45. The van der Waals surface area contributed by atoms with E-state index < -0.39 is 47.5 Å². The van der Waals surface area contributed by atoms with Crippen LogP contribution in [0.2, 0.25) is 0 Å². The molecule has 40 heavy (non-hydrogen) atoms. The lowest BCUT2D eigenvalue weighted by molar-refractivity contribution is -0.145. The van der Waals surface area contributed by atoms with Crippen LogP contribution in [0.15, 0.2) is 24.3 Å². The number of carbonyl (C=O) groups excluding carboxylic acids is 4. The van der Waals surface area contributed by atoms with Crippen molar-refractivity contribution >= 4 is 23.8 Å². The molecular formula is C30H50N4O6. The third-order valence-corrected chi connectivity index (χ3v) is 6.43. The number of carbonyl (C=O) groups is 4. The van der Waals surface area contributed by atoms with Crippen LogP contribution in [-0.4, -0.2) is 57.5 Å². The van der Waals surface area contributed by atoms with Gasteiger partial charge in [-0.2, -0.15) is 0 Å². The lowest BCUT2D eigenvalue weighted by Crippen LogP contribution is -2.56. The highest BCUT2D eigenvalue weighted by Gasteiger charge is 2.40. The van der Waals surface area contributed by atoms with Crippen LogP contribution in [-0.2, 0) is 19.1 Å². The van der Waals surface area contributed by atoms with Gasteiger partial charge in [0.25, 0.3) is 0 Å². The van der Waals surface area contributed by atoms with E-state index >= 15 is 0 Å². The minimum Gasteiger partial charge on any atom is -0.508 e. The Kier molecular flexibility index (Phi) is 14.0. The third kappa shape index (κ3) is 11.8. The summed E-state index contributed by atoms with van der Waals surface area (Å²) in [5, 5.41) is 16.4. The molecule has 0 aliphatic rings. The third-order valence-electron chi connectivity index (χ3n) is 6.43. The van der Waals surface area contributed by atoms with Gasteiger partial charge in [0.15, 0.2) is 0 Å². The largest absolute Gasteiger partial charge is 0.508 e. The fourth-order valence-electron chi connectivity index (χ4n) is 4.45. The number of nitrogens with one attached hydrogen (secondary N) is 2. The molecule has 4 atom stereocenters. The van der Waals surface area contributed by atoms with Gasteiger partial charge in [0.05, 0.1) is 0 Å². The zero-order valence-corrected chi connectivity index (χ0v) is 25.5. The topological polar surface area (TPSA) is 151 Å². The minimum atomic E-state index is -1.20. The van der Waals surface area contributed by atoms with Crippen LogP contribution < -0.4 is 16.4 Å². The van der Waals surface area contributed by atoms with Crippen molar-refractivity contribution in [3.8, 4) is 5.75 Å². The molecule has 226 valence electrons. The van der Waals surface area contributed by atoms with Gasteiger partial charge in [0.1, 0.15) is 23.4 Å². The molecule has 0 aliphatic heterocycles. The Bertz CT molecular complexity index is 991. The zero-order chi connectivity index (χ0) is 30.6. The van der Waals surface area contributed by atoms with Crippen LogP contribution >= 0.6 is 0 Å². The number of aromatic hydroxyl groups is 1. The SMILES string of the molecule is CCCC(C)NC(=O)C(c1ccccc1O)N(C(=O)C(CCC(N)=O)NC(=O)OC(C)(C)C)C(C)CCC(C)C. The van der Waals surface area contributed by atoms with E-state index in [2.05, 4.69) is 24.5 Å². The Morgan fingerprint density at radius 1 is 0.975 bits per heavy atom. The summed E-state index contributed by atoms with van der Waals surface area (Å²) in [5.41, 5.74) is 4.83. The molecule has 0 saturated heterocycles. The standard InChI is InChI=1S/C30H50N4O6/c1-9-12-20(4)32-27(37)26(22-13-10-11-14-24(22)35)34(21(5)16-15-19(2)3)28(38)23(17-18-25(31)36)33-29(39)40-30(6,7)8/h10-11,13-14,19-21,23,26,35H,9,12,15-18H2,1-8H3,(H2,31,36)(H,32,37)(H,33,39). The molecule has 0 fully saturated rings. The van der Waals surface area contributed by atoms with Crippen molar-refractivity contribution in [1.82, 2.24) is 15.5 Å². The Balaban J connectivity index is 3.67. The van der Waals surface area contributed by atoms with Gasteiger partial charge in [-0.1, -0.05) is 45.4 Å². The molecule has 4 amide bonds. The number of phenols is 1. The summed E-state index contributed by atoms with van der Waals surface area (Å²) in [6.45, 7) is 15.0. The first-order chi connectivity index (χ1) is 18.6. The Morgan fingerprint density at radius 3 is 2.12 bits per heavy atom. The molecule has 0 aliphatic carbocycles. The lowest BCUT2D eigenvalue weighted by Gasteiger charge is -2.39. The zero-order valence-electron chi connectivity index (χ0n) is 25.5. The maximum atomic E-state index is 14.3. The number of rotatable bonds is 15. The Hall–Kier alpha value is -3.30. The van der Waals surface area contributed by atoms with Crippen LogP contribution in [0.1, 0.15) is 106 Å². The van der Waals surface area contributed by atoms with Gasteiger partial charge < -0.3 is 31.1 Å². The molecule has 0 bridgehead atoms. The number of nitrogens with two attached hydrogens (primary N) is 1. The van der Waals surface area contributed by atoms with Gasteiger partial charge in [0.2, 0.25) is 17.7 Å². The number of benzene rings is 1. The first-order valence-electron chi connectivity index (χ1n) is 14.3. The number of primary amides is 1. The molecule has 0 aromatic heterocycles. The predicted molar refractivity (Wildman–Crippen MR) is 155 cm³/mol.